The smallest absolute Gasteiger partial charge is 0.166 e. The highest BCUT2D eigenvalue weighted by Gasteiger charge is 2.30. The van der Waals surface area contributed by atoms with Gasteiger partial charge in [-0.2, -0.15) is 13.2 Å². The van der Waals surface area contributed by atoms with Crippen LogP contribution in [-0.4, -0.2) is 5.88 Å². The lowest BCUT2D eigenvalue weighted by Gasteiger charge is -2.05. The third kappa shape index (κ3) is 3.85. The van der Waals surface area contributed by atoms with Gasteiger partial charge in [0.15, 0.2) is 0 Å². The van der Waals surface area contributed by atoms with E-state index in [1.54, 1.807) is 0 Å². The van der Waals surface area contributed by atoms with E-state index in [0.29, 0.717) is 17.9 Å². The van der Waals surface area contributed by atoms with Gasteiger partial charge in [0.1, 0.15) is 0 Å². The molecule has 15 heavy (non-hydrogen) atoms. The summed E-state index contributed by atoms with van der Waals surface area (Å²) in [6, 6.07) is 4.93. The van der Waals surface area contributed by atoms with Crippen molar-refractivity contribution < 1.29 is 13.2 Å². The number of benzene rings is 1. The summed E-state index contributed by atoms with van der Waals surface area (Å²) < 4.78 is 36.9. The molecule has 0 aliphatic heterocycles. The molecule has 0 spiro atoms. The average molecular weight is 233 g/mol. The highest BCUT2D eigenvalue weighted by Crippen LogP contribution is 2.29. The molecule has 0 nitrogen and oxygen atoms in total. The van der Waals surface area contributed by atoms with Gasteiger partial charge in [0, 0.05) is 17.9 Å². The fourth-order valence-corrected chi connectivity index (χ4v) is 1.08. The summed E-state index contributed by atoms with van der Waals surface area (Å²) in [6.45, 7) is 0. The number of alkyl halides is 4. The van der Waals surface area contributed by atoms with E-state index in [1.165, 1.54) is 12.1 Å². The molecule has 0 aliphatic rings. The fourth-order valence-electron chi connectivity index (χ4n) is 0.985. The van der Waals surface area contributed by atoms with Crippen LogP contribution in [0.15, 0.2) is 24.3 Å². The van der Waals surface area contributed by atoms with Gasteiger partial charge in [-0.3, -0.25) is 0 Å². The Balaban J connectivity index is 2.90. The molecular weight excluding hydrogens is 225 g/mol. The van der Waals surface area contributed by atoms with Gasteiger partial charge in [0.2, 0.25) is 0 Å². The van der Waals surface area contributed by atoms with E-state index >= 15 is 0 Å². The molecule has 0 saturated carbocycles. The summed E-state index contributed by atoms with van der Waals surface area (Å²) in [7, 11) is 0. The van der Waals surface area contributed by atoms with Crippen molar-refractivity contribution in [2.75, 3.05) is 5.88 Å². The maximum absolute atomic E-state index is 12.3. The van der Waals surface area contributed by atoms with Crippen LogP contribution in [0.4, 0.5) is 13.2 Å². The minimum atomic E-state index is -4.32. The van der Waals surface area contributed by atoms with Crippen LogP contribution in [0.25, 0.3) is 0 Å². The van der Waals surface area contributed by atoms with E-state index in [-0.39, 0.29) is 0 Å². The van der Waals surface area contributed by atoms with Crippen molar-refractivity contribution >= 4 is 11.6 Å². The first-order chi connectivity index (χ1) is 7.04. The Labute approximate surface area is 91.1 Å². The molecule has 1 aromatic carbocycles. The molecule has 0 aliphatic carbocycles. The second-order valence-corrected chi connectivity index (χ2v) is 3.20. The monoisotopic (exact) mass is 232 g/mol. The first-order valence-corrected chi connectivity index (χ1v) is 4.79. The molecule has 1 aromatic rings. The van der Waals surface area contributed by atoms with Gasteiger partial charge < -0.3 is 0 Å². The van der Waals surface area contributed by atoms with Crippen LogP contribution < -0.4 is 0 Å². The average Bonchev–Trinajstić information content (AvgIpc) is 2.17. The zero-order chi connectivity index (χ0) is 11.3. The van der Waals surface area contributed by atoms with Gasteiger partial charge in [0.05, 0.1) is 5.56 Å². The van der Waals surface area contributed by atoms with Gasteiger partial charge in [-0.1, -0.05) is 17.9 Å². The maximum atomic E-state index is 12.3. The van der Waals surface area contributed by atoms with Gasteiger partial charge in [0.25, 0.3) is 0 Å². The molecule has 0 saturated heterocycles. The first kappa shape index (κ1) is 11.9. The SMILES string of the molecule is FC(F)(F)c1cccc(C#CCCCl)c1. The van der Waals surface area contributed by atoms with Crippen molar-refractivity contribution in [1.82, 2.24) is 0 Å². The lowest BCUT2D eigenvalue weighted by atomic mass is 10.1. The van der Waals surface area contributed by atoms with Gasteiger partial charge >= 0.3 is 6.18 Å². The number of hydrogen-bond acceptors (Lipinski definition) is 0. The van der Waals surface area contributed by atoms with Crippen LogP contribution >= 0.6 is 11.6 Å². The first-order valence-electron chi connectivity index (χ1n) is 4.26. The molecule has 80 valence electrons. The van der Waals surface area contributed by atoms with Gasteiger partial charge in [-0.05, 0) is 18.2 Å². The molecule has 0 heterocycles. The van der Waals surface area contributed by atoms with Crippen LogP contribution in [0.2, 0.25) is 0 Å². The Hall–Kier alpha value is -1.14. The van der Waals surface area contributed by atoms with Gasteiger partial charge in [-0.15, -0.1) is 11.6 Å². The van der Waals surface area contributed by atoms with Crippen LogP contribution in [0.5, 0.6) is 0 Å². The second-order valence-electron chi connectivity index (χ2n) is 2.82. The normalized spacial score (nSPS) is 10.7. The molecule has 0 amide bonds. The van der Waals surface area contributed by atoms with E-state index in [9.17, 15) is 13.2 Å². The van der Waals surface area contributed by atoms with Gasteiger partial charge in [-0.25, -0.2) is 0 Å². The minimum Gasteiger partial charge on any atom is -0.166 e. The molecule has 0 atom stereocenters. The highest BCUT2D eigenvalue weighted by molar-refractivity contribution is 6.18. The molecule has 0 N–H and O–H groups in total. The molecule has 0 fully saturated rings. The third-order valence-corrected chi connectivity index (χ3v) is 1.83. The zero-order valence-corrected chi connectivity index (χ0v) is 8.49. The lowest BCUT2D eigenvalue weighted by Crippen LogP contribution is -2.04. The van der Waals surface area contributed by atoms with Crippen LogP contribution in [0.3, 0.4) is 0 Å². The molecule has 0 unspecified atom stereocenters. The van der Waals surface area contributed by atoms with Crippen molar-refractivity contribution in [1.29, 1.82) is 0 Å². The summed E-state index contributed by atoms with van der Waals surface area (Å²) in [5.41, 5.74) is -0.324. The van der Waals surface area contributed by atoms with Crippen LogP contribution in [0, 0.1) is 11.8 Å². The van der Waals surface area contributed by atoms with E-state index in [2.05, 4.69) is 11.8 Å². The summed E-state index contributed by atoms with van der Waals surface area (Å²) in [5.74, 6) is 5.69. The third-order valence-electron chi connectivity index (χ3n) is 1.64. The van der Waals surface area contributed by atoms with Crippen LogP contribution in [-0.2, 0) is 6.18 Å². The quantitative estimate of drug-likeness (QED) is 0.512. The maximum Gasteiger partial charge on any atom is 0.416 e. The summed E-state index contributed by atoms with van der Waals surface area (Å²) >= 11 is 5.39. The Morgan fingerprint density at radius 3 is 2.60 bits per heavy atom. The standard InChI is InChI=1S/C11H8ClF3/c12-7-2-1-4-9-5-3-6-10(8-9)11(13,14)15/h3,5-6,8H,2,7H2. The molecule has 0 aromatic heterocycles. The number of rotatable bonds is 1. The number of hydrogen-bond donors (Lipinski definition) is 0. The summed E-state index contributed by atoms with van der Waals surface area (Å²) in [5, 5.41) is 0. The molecule has 1 rings (SSSR count). The lowest BCUT2D eigenvalue weighted by molar-refractivity contribution is -0.137. The van der Waals surface area contributed by atoms with Crippen LogP contribution in [0.1, 0.15) is 17.5 Å². The Kier molecular flexibility index (Phi) is 4.05. The van der Waals surface area contributed by atoms with E-state index in [0.717, 1.165) is 12.1 Å². The highest BCUT2D eigenvalue weighted by atomic mass is 35.5. The molecule has 0 bridgehead atoms. The topological polar surface area (TPSA) is 0 Å². The Bertz CT molecular complexity index is 385. The minimum absolute atomic E-state index is 0.356. The summed E-state index contributed by atoms with van der Waals surface area (Å²) in [6.07, 6.45) is -3.85. The van der Waals surface area contributed by atoms with Crippen molar-refractivity contribution in [2.45, 2.75) is 12.6 Å². The number of halogens is 4. The molecule has 0 radical (unpaired) electrons. The predicted octanol–water partition coefficient (Wildman–Crippen LogP) is 3.69. The summed E-state index contributed by atoms with van der Waals surface area (Å²) in [4.78, 5) is 0. The van der Waals surface area contributed by atoms with Crippen molar-refractivity contribution in [3.05, 3.63) is 35.4 Å². The van der Waals surface area contributed by atoms with Crippen molar-refractivity contribution in [3.8, 4) is 11.8 Å². The second kappa shape index (κ2) is 5.09. The fraction of sp³-hybridized carbons (Fsp3) is 0.273. The van der Waals surface area contributed by atoms with E-state index < -0.39 is 11.7 Å². The Morgan fingerprint density at radius 1 is 1.27 bits per heavy atom. The Morgan fingerprint density at radius 2 is 2.00 bits per heavy atom. The largest absolute Gasteiger partial charge is 0.416 e. The predicted molar refractivity (Wildman–Crippen MR) is 53.7 cm³/mol. The van der Waals surface area contributed by atoms with E-state index in [4.69, 9.17) is 11.6 Å². The van der Waals surface area contributed by atoms with Crippen molar-refractivity contribution in [2.24, 2.45) is 0 Å². The van der Waals surface area contributed by atoms with E-state index in [1.807, 2.05) is 0 Å². The zero-order valence-electron chi connectivity index (χ0n) is 7.74. The molecular formula is C11H8ClF3. The molecule has 4 heteroatoms. The van der Waals surface area contributed by atoms with Crippen molar-refractivity contribution in [3.63, 3.8) is 0 Å².